The Bertz CT molecular complexity index is 609. The van der Waals surface area contributed by atoms with Crippen LogP contribution >= 0.6 is 0 Å². The van der Waals surface area contributed by atoms with E-state index in [1.165, 1.54) is 11.8 Å². The molecule has 5 nitrogen and oxygen atoms in total. The summed E-state index contributed by atoms with van der Waals surface area (Å²) in [7, 11) is 0. The summed E-state index contributed by atoms with van der Waals surface area (Å²) in [5.74, 6) is -1.15. The maximum Gasteiger partial charge on any atom is 0.292 e. The molecule has 1 heterocycles. The van der Waals surface area contributed by atoms with E-state index in [1.807, 2.05) is 45.0 Å². The summed E-state index contributed by atoms with van der Waals surface area (Å²) in [6.07, 6.45) is 0.494. The van der Waals surface area contributed by atoms with E-state index in [2.05, 4.69) is 0 Å². The van der Waals surface area contributed by atoms with Crippen molar-refractivity contribution in [3.8, 4) is 0 Å². The van der Waals surface area contributed by atoms with Crippen LogP contribution in [-0.2, 0) is 14.4 Å². The molecule has 0 N–H and O–H groups in total. The molecule has 1 aromatic rings. The van der Waals surface area contributed by atoms with E-state index in [0.29, 0.717) is 19.5 Å². The number of likely N-dealkylation sites (tertiary alicyclic amines) is 1. The van der Waals surface area contributed by atoms with Gasteiger partial charge in [-0.3, -0.25) is 14.4 Å². The predicted octanol–water partition coefficient (Wildman–Crippen LogP) is 2.09. The van der Waals surface area contributed by atoms with E-state index >= 15 is 0 Å². The Hall–Kier alpha value is -2.17. The number of ketones is 1. The average molecular weight is 316 g/mol. The smallest absolute Gasteiger partial charge is 0.292 e. The number of rotatable bonds is 4. The van der Waals surface area contributed by atoms with Gasteiger partial charge < -0.3 is 9.80 Å². The Morgan fingerprint density at radius 1 is 1.30 bits per heavy atom. The minimum Gasteiger partial charge on any atom is -0.336 e. The SMILES string of the molecule is CCN1CCC(N(C(C)=O)C(C)c2ccc(C)cc2)C(=O)C1=O. The van der Waals surface area contributed by atoms with Crippen LogP contribution in [0, 0.1) is 6.92 Å². The fraction of sp³-hybridized carbons (Fsp3) is 0.500. The molecule has 1 aromatic carbocycles. The highest BCUT2D eigenvalue weighted by Gasteiger charge is 2.40. The lowest BCUT2D eigenvalue weighted by molar-refractivity contribution is -0.154. The van der Waals surface area contributed by atoms with Crippen molar-refractivity contribution in [2.45, 2.75) is 46.2 Å². The van der Waals surface area contributed by atoms with Crippen LogP contribution in [0.4, 0.5) is 0 Å². The van der Waals surface area contributed by atoms with E-state index in [-0.39, 0.29) is 11.9 Å². The second-order valence-electron chi connectivity index (χ2n) is 6.07. The molecule has 1 aliphatic heterocycles. The number of Topliss-reactive ketones (excluding diaryl/α,β-unsaturated/α-hetero) is 1. The predicted molar refractivity (Wildman–Crippen MR) is 87.8 cm³/mol. The van der Waals surface area contributed by atoms with Crippen molar-refractivity contribution in [3.05, 3.63) is 35.4 Å². The number of nitrogens with zero attached hydrogens (tertiary/aromatic N) is 2. The maximum atomic E-state index is 12.4. The second-order valence-corrected chi connectivity index (χ2v) is 6.07. The number of aryl methyl sites for hydroxylation is 1. The topological polar surface area (TPSA) is 57.7 Å². The van der Waals surface area contributed by atoms with Crippen LogP contribution in [-0.4, -0.2) is 46.5 Å². The third-order valence-electron chi connectivity index (χ3n) is 4.53. The standard InChI is InChI=1S/C18H24N2O3/c1-5-19-11-10-16(17(22)18(19)23)20(14(4)21)13(3)15-8-6-12(2)7-9-15/h6-9,13,16H,5,10-11H2,1-4H3. The number of amides is 2. The van der Waals surface area contributed by atoms with Crippen molar-refractivity contribution in [1.82, 2.24) is 9.80 Å². The van der Waals surface area contributed by atoms with E-state index in [0.717, 1.165) is 11.1 Å². The van der Waals surface area contributed by atoms with Crippen molar-refractivity contribution in [3.63, 3.8) is 0 Å². The lowest BCUT2D eigenvalue weighted by Crippen LogP contribution is -2.56. The number of benzene rings is 1. The van der Waals surface area contributed by atoms with Crippen LogP contribution in [0.25, 0.3) is 0 Å². The molecule has 2 unspecified atom stereocenters. The third kappa shape index (κ3) is 3.44. The van der Waals surface area contributed by atoms with Crippen molar-refractivity contribution >= 4 is 17.6 Å². The number of hydrogen-bond acceptors (Lipinski definition) is 3. The minimum absolute atomic E-state index is 0.186. The van der Waals surface area contributed by atoms with Gasteiger partial charge in [0, 0.05) is 20.0 Å². The first-order chi connectivity index (χ1) is 10.9. The number of carbonyl (C=O) groups excluding carboxylic acids is 3. The fourth-order valence-electron chi connectivity index (χ4n) is 3.14. The van der Waals surface area contributed by atoms with Crippen LogP contribution in [0.3, 0.4) is 0 Å². The summed E-state index contributed by atoms with van der Waals surface area (Å²) in [5, 5.41) is 0. The van der Waals surface area contributed by atoms with Gasteiger partial charge in [0.1, 0.15) is 6.04 Å². The molecule has 0 aromatic heterocycles. The highest BCUT2D eigenvalue weighted by Crippen LogP contribution is 2.27. The molecule has 0 saturated carbocycles. The monoisotopic (exact) mass is 316 g/mol. The first kappa shape index (κ1) is 17.2. The number of carbonyl (C=O) groups is 3. The van der Waals surface area contributed by atoms with Gasteiger partial charge in [-0.2, -0.15) is 0 Å². The van der Waals surface area contributed by atoms with Crippen LogP contribution in [0.2, 0.25) is 0 Å². The third-order valence-corrected chi connectivity index (χ3v) is 4.53. The van der Waals surface area contributed by atoms with Gasteiger partial charge >= 0.3 is 0 Å². The molecule has 23 heavy (non-hydrogen) atoms. The summed E-state index contributed by atoms with van der Waals surface area (Å²) in [6.45, 7) is 8.23. The Kier molecular flexibility index (Phi) is 5.19. The zero-order chi connectivity index (χ0) is 17.1. The Morgan fingerprint density at radius 2 is 1.91 bits per heavy atom. The largest absolute Gasteiger partial charge is 0.336 e. The summed E-state index contributed by atoms with van der Waals surface area (Å²) in [6, 6.07) is 6.97. The Labute approximate surface area is 137 Å². The maximum absolute atomic E-state index is 12.4. The molecule has 124 valence electrons. The van der Waals surface area contributed by atoms with E-state index in [4.69, 9.17) is 0 Å². The normalized spacial score (nSPS) is 19.7. The fourth-order valence-corrected chi connectivity index (χ4v) is 3.14. The van der Waals surface area contributed by atoms with Crippen LogP contribution in [0.5, 0.6) is 0 Å². The van der Waals surface area contributed by atoms with Gasteiger partial charge in [-0.15, -0.1) is 0 Å². The molecule has 2 rings (SSSR count). The molecule has 1 aliphatic rings. The first-order valence-corrected chi connectivity index (χ1v) is 8.05. The lowest BCUT2D eigenvalue weighted by Gasteiger charge is -2.39. The second kappa shape index (κ2) is 6.94. The van der Waals surface area contributed by atoms with Gasteiger partial charge in [-0.05, 0) is 32.8 Å². The summed E-state index contributed by atoms with van der Waals surface area (Å²) in [5.41, 5.74) is 2.10. The van der Waals surface area contributed by atoms with Crippen molar-refractivity contribution in [2.24, 2.45) is 0 Å². The molecule has 5 heteroatoms. The number of likely N-dealkylation sites (N-methyl/N-ethyl adjacent to an activating group) is 1. The zero-order valence-electron chi connectivity index (χ0n) is 14.2. The molecular formula is C18H24N2O3. The van der Waals surface area contributed by atoms with Crippen molar-refractivity contribution in [1.29, 1.82) is 0 Å². The van der Waals surface area contributed by atoms with Gasteiger partial charge in [0.05, 0.1) is 6.04 Å². The van der Waals surface area contributed by atoms with Gasteiger partial charge in [0.2, 0.25) is 11.7 Å². The van der Waals surface area contributed by atoms with Gasteiger partial charge in [0.15, 0.2) is 0 Å². The average Bonchev–Trinajstić information content (AvgIpc) is 2.52. The first-order valence-electron chi connectivity index (χ1n) is 8.05. The van der Waals surface area contributed by atoms with Crippen LogP contribution in [0.15, 0.2) is 24.3 Å². The number of hydrogen-bond donors (Lipinski definition) is 0. The Balaban J connectivity index is 2.28. The van der Waals surface area contributed by atoms with Crippen LogP contribution < -0.4 is 0 Å². The minimum atomic E-state index is -0.667. The lowest BCUT2D eigenvalue weighted by atomic mass is 9.96. The molecule has 0 radical (unpaired) electrons. The summed E-state index contributed by atoms with van der Waals surface area (Å²) < 4.78 is 0. The van der Waals surface area contributed by atoms with Crippen molar-refractivity contribution in [2.75, 3.05) is 13.1 Å². The van der Waals surface area contributed by atoms with E-state index < -0.39 is 17.7 Å². The number of piperidine rings is 1. The van der Waals surface area contributed by atoms with E-state index in [1.54, 1.807) is 4.90 Å². The molecule has 0 bridgehead atoms. The summed E-state index contributed by atoms with van der Waals surface area (Å²) >= 11 is 0. The molecular weight excluding hydrogens is 292 g/mol. The van der Waals surface area contributed by atoms with Crippen molar-refractivity contribution < 1.29 is 14.4 Å². The quantitative estimate of drug-likeness (QED) is 0.799. The van der Waals surface area contributed by atoms with Gasteiger partial charge in [-0.25, -0.2) is 0 Å². The Morgan fingerprint density at radius 3 is 2.43 bits per heavy atom. The molecule has 0 aliphatic carbocycles. The van der Waals surface area contributed by atoms with Gasteiger partial charge in [-0.1, -0.05) is 29.8 Å². The highest BCUT2D eigenvalue weighted by molar-refractivity contribution is 6.38. The van der Waals surface area contributed by atoms with Gasteiger partial charge in [0.25, 0.3) is 5.91 Å². The summed E-state index contributed by atoms with van der Waals surface area (Å²) in [4.78, 5) is 39.8. The molecule has 2 amide bonds. The molecule has 1 fully saturated rings. The zero-order valence-corrected chi connectivity index (χ0v) is 14.2. The molecule has 0 spiro atoms. The highest BCUT2D eigenvalue weighted by atomic mass is 16.2. The molecule has 2 atom stereocenters. The van der Waals surface area contributed by atoms with E-state index in [9.17, 15) is 14.4 Å². The van der Waals surface area contributed by atoms with Crippen LogP contribution in [0.1, 0.15) is 44.4 Å². The molecule has 1 saturated heterocycles.